The molecule has 0 aromatic carbocycles. The maximum atomic E-state index is 12.5. The van der Waals surface area contributed by atoms with Gasteiger partial charge in [0.25, 0.3) is 5.56 Å². The van der Waals surface area contributed by atoms with Crippen LogP contribution in [0.3, 0.4) is 0 Å². The molecule has 0 amide bonds. The number of aliphatic carboxylic acids is 2. The number of carboxylic acids is 2. The van der Waals surface area contributed by atoms with Gasteiger partial charge in [-0.1, -0.05) is 0 Å². The van der Waals surface area contributed by atoms with Crippen LogP contribution in [0.1, 0.15) is 24.6 Å². The molecule has 0 aliphatic rings. The van der Waals surface area contributed by atoms with Crippen molar-refractivity contribution in [1.82, 2.24) is 23.1 Å². The van der Waals surface area contributed by atoms with Crippen molar-refractivity contribution in [2.75, 3.05) is 0 Å². The van der Waals surface area contributed by atoms with Gasteiger partial charge in [-0.05, 0) is 13.3 Å². The van der Waals surface area contributed by atoms with Gasteiger partial charge in [0, 0.05) is 32.4 Å². The molecule has 0 aliphatic heterocycles. The lowest BCUT2D eigenvalue weighted by atomic mass is 10.1. The number of hydrogen-bond acceptors (Lipinski definition) is 5. The van der Waals surface area contributed by atoms with Crippen LogP contribution in [0, 0.1) is 6.92 Å². The van der Waals surface area contributed by atoms with Gasteiger partial charge in [-0.2, -0.15) is 4.98 Å². The summed E-state index contributed by atoms with van der Waals surface area (Å²) in [7, 11) is 2.81. The Kier molecular flexibility index (Phi) is 3.93. The SMILES string of the molecule is Cc1cn2c3c(=O)n(C)c(=O)n(C)c3nc2n1C(CCC(=O)O)C(=O)O. The van der Waals surface area contributed by atoms with E-state index in [1.807, 2.05) is 0 Å². The highest BCUT2D eigenvalue weighted by molar-refractivity contribution is 5.78. The van der Waals surface area contributed by atoms with Crippen molar-refractivity contribution in [1.29, 1.82) is 0 Å². The highest BCUT2D eigenvalue weighted by Gasteiger charge is 2.27. The third-order valence-electron chi connectivity index (χ3n) is 4.41. The summed E-state index contributed by atoms with van der Waals surface area (Å²) in [6.45, 7) is 1.64. The first-order valence-electron chi connectivity index (χ1n) is 7.75. The van der Waals surface area contributed by atoms with Gasteiger partial charge in [0.1, 0.15) is 6.04 Å². The molecule has 1 unspecified atom stereocenters. The molecule has 0 aliphatic carbocycles. The normalized spacial score (nSPS) is 12.7. The summed E-state index contributed by atoms with van der Waals surface area (Å²) in [5.74, 6) is -2.16. The molecule has 2 N–H and O–H groups in total. The molecule has 3 aromatic heterocycles. The Morgan fingerprint density at radius 2 is 1.85 bits per heavy atom. The quantitative estimate of drug-likeness (QED) is 0.621. The van der Waals surface area contributed by atoms with E-state index in [9.17, 15) is 24.3 Å². The van der Waals surface area contributed by atoms with Gasteiger partial charge in [-0.3, -0.25) is 27.7 Å². The molecule has 0 bridgehead atoms. The summed E-state index contributed by atoms with van der Waals surface area (Å²) < 4.78 is 4.96. The Bertz CT molecular complexity index is 1180. The van der Waals surface area contributed by atoms with Crippen molar-refractivity contribution >= 4 is 28.9 Å². The predicted octanol–water partition coefficient (Wildman–Crippen LogP) is -0.515. The molecule has 0 fully saturated rings. The first-order chi connectivity index (χ1) is 12.1. The number of rotatable bonds is 5. The van der Waals surface area contributed by atoms with Crippen LogP contribution < -0.4 is 11.2 Å². The minimum absolute atomic E-state index is 0.129. The number of aromatic nitrogens is 5. The van der Waals surface area contributed by atoms with E-state index in [1.165, 1.54) is 27.6 Å². The standard InChI is InChI=1S/C15H17N5O6/c1-7-6-19-10-11(17(2)15(26)18(3)12(10)23)16-14(19)20(7)8(13(24)25)4-5-9(21)22/h6,8H,4-5H2,1-3H3,(H,21,22)(H,24,25). The molecule has 138 valence electrons. The van der Waals surface area contributed by atoms with Gasteiger partial charge in [0.15, 0.2) is 11.2 Å². The fourth-order valence-electron chi connectivity index (χ4n) is 3.11. The topological polar surface area (TPSA) is 141 Å². The van der Waals surface area contributed by atoms with E-state index in [0.29, 0.717) is 5.69 Å². The average molecular weight is 363 g/mol. The van der Waals surface area contributed by atoms with Crippen LogP contribution in [0.5, 0.6) is 0 Å². The highest BCUT2D eigenvalue weighted by Crippen LogP contribution is 2.24. The van der Waals surface area contributed by atoms with Crippen molar-refractivity contribution in [2.24, 2.45) is 14.1 Å². The smallest absolute Gasteiger partial charge is 0.332 e. The average Bonchev–Trinajstić information content (AvgIpc) is 3.06. The van der Waals surface area contributed by atoms with Crippen LogP contribution in [0.4, 0.5) is 0 Å². The second kappa shape index (κ2) is 5.86. The largest absolute Gasteiger partial charge is 0.481 e. The monoisotopic (exact) mass is 363 g/mol. The van der Waals surface area contributed by atoms with Crippen molar-refractivity contribution in [2.45, 2.75) is 25.8 Å². The van der Waals surface area contributed by atoms with Gasteiger partial charge >= 0.3 is 17.6 Å². The fraction of sp³-hybridized carbons (Fsp3) is 0.400. The maximum absolute atomic E-state index is 12.5. The van der Waals surface area contributed by atoms with Crippen LogP contribution in [0.2, 0.25) is 0 Å². The lowest BCUT2D eigenvalue weighted by Gasteiger charge is -2.15. The van der Waals surface area contributed by atoms with Crippen molar-refractivity contribution in [3.8, 4) is 0 Å². The zero-order chi connectivity index (χ0) is 19.3. The fourth-order valence-corrected chi connectivity index (χ4v) is 3.11. The number of fused-ring (bicyclic) bond motifs is 3. The van der Waals surface area contributed by atoms with Crippen LogP contribution >= 0.6 is 0 Å². The van der Waals surface area contributed by atoms with E-state index in [1.54, 1.807) is 13.1 Å². The number of carboxylic acid groups (broad SMARTS) is 2. The van der Waals surface area contributed by atoms with Gasteiger partial charge in [0.2, 0.25) is 5.78 Å². The summed E-state index contributed by atoms with van der Waals surface area (Å²) in [5.41, 5.74) is -0.321. The molecule has 26 heavy (non-hydrogen) atoms. The molecule has 0 radical (unpaired) electrons. The van der Waals surface area contributed by atoms with E-state index in [2.05, 4.69) is 4.98 Å². The van der Waals surface area contributed by atoms with E-state index in [4.69, 9.17) is 5.11 Å². The lowest BCUT2D eigenvalue weighted by Crippen LogP contribution is -2.37. The summed E-state index contributed by atoms with van der Waals surface area (Å²) in [5, 5.41) is 18.4. The Morgan fingerprint density at radius 1 is 1.19 bits per heavy atom. The maximum Gasteiger partial charge on any atom is 0.332 e. The third-order valence-corrected chi connectivity index (χ3v) is 4.41. The van der Waals surface area contributed by atoms with Crippen molar-refractivity contribution < 1.29 is 19.8 Å². The molecular weight excluding hydrogens is 346 g/mol. The van der Waals surface area contributed by atoms with Gasteiger partial charge in [-0.25, -0.2) is 9.59 Å². The van der Waals surface area contributed by atoms with E-state index in [0.717, 1.165) is 4.57 Å². The Hall–Kier alpha value is -3.37. The Balaban J connectivity index is 2.36. The first kappa shape index (κ1) is 17.5. The molecule has 0 saturated heterocycles. The zero-order valence-electron chi connectivity index (χ0n) is 14.3. The number of nitrogens with zero attached hydrogens (tertiary/aromatic N) is 5. The van der Waals surface area contributed by atoms with Crippen LogP contribution in [-0.4, -0.2) is 45.2 Å². The predicted molar refractivity (Wildman–Crippen MR) is 89.4 cm³/mol. The molecular formula is C15H17N5O6. The van der Waals surface area contributed by atoms with Crippen LogP contribution in [0.25, 0.3) is 16.9 Å². The third kappa shape index (κ3) is 2.39. The summed E-state index contributed by atoms with van der Waals surface area (Å²) in [4.78, 5) is 51.4. The number of imidazole rings is 2. The zero-order valence-corrected chi connectivity index (χ0v) is 14.3. The molecule has 0 saturated carbocycles. The molecule has 3 aromatic rings. The summed E-state index contributed by atoms with van der Waals surface area (Å²) >= 11 is 0. The molecule has 11 nitrogen and oxygen atoms in total. The summed E-state index contributed by atoms with van der Waals surface area (Å²) in [6.07, 6.45) is 1.07. The highest BCUT2D eigenvalue weighted by atomic mass is 16.4. The molecule has 1 atom stereocenters. The summed E-state index contributed by atoms with van der Waals surface area (Å²) in [6, 6.07) is -1.17. The van der Waals surface area contributed by atoms with Gasteiger partial charge < -0.3 is 10.2 Å². The second-order valence-corrected chi connectivity index (χ2v) is 6.09. The van der Waals surface area contributed by atoms with Crippen LogP contribution in [-0.2, 0) is 23.7 Å². The van der Waals surface area contributed by atoms with E-state index < -0.39 is 29.2 Å². The van der Waals surface area contributed by atoms with Crippen molar-refractivity contribution in [3.05, 3.63) is 32.7 Å². The van der Waals surface area contributed by atoms with Gasteiger partial charge in [0.05, 0.1) is 0 Å². The number of hydrogen-bond donors (Lipinski definition) is 2. The Morgan fingerprint density at radius 3 is 2.42 bits per heavy atom. The Labute approximate surface area is 145 Å². The molecule has 0 spiro atoms. The van der Waals surface area contributed by atoms with Crippen molar-refractivity contribution in [3.63, 3.8) is 0 Å². The minimum atomic E-state index is -1.21. The van der Waals surface area contributed by atoms with Crippen LogP contribution in [0.15, 0.2) is 15.8 Å². The first-order valence-corrected chi connectivity index (χ1v) is 7.75. The number of aryl methyl sites for hydroxylation is 2. The van der Waals surface area contributed by atoms with Gasteiger partial charge in [-0.15, -0.1) is 0 Å². The minimum Gasteiger partial charge on any atom is -0.481 e. The van der Waals surface area contributed by atoms with E-state index >= 15 is 0 Å². The molecule has 11 heteroatoms. The second-order valence-electron chi connectivity index (χ2n) is 6.09. The van der Waals surface area contributed by atoms with E-state index in [-0.39, 0.29) is 29.8 Å². The lowest BCUT2D eigenvalue weighted by molar-refractivity contribution is -0.142. The molecule has 3 rings (SSSR count). The molecule has 3 heterocycles. The number of carbonyl (C=O) groups is 2.